The van der Waals surface area contributed by atoms with E-state index in [-0.39, 0.29) is 11.1 Å². The van der Waals surface area contributed by atoms with Crippen molar-refractivity contribution in [2.45, 2.75) is 39.3 Å². The molecular formula is C16H19FN2O3. The molecule has 1 aliphatic rings. The van der Waals surface area contributed by atoms with Gasteiger partial charge in [-0.2, -0.15) is 0 Å². The zero-order chi connectivity index (χ0) is 16.5. The van der Waals surface area contributed by atoms with E-state index in [0.717, 1.165) is 0 Å². The topological polar surface area (TPSA) is 67.4 Å². The van der Waals surface area contributed by atoms with Crippen LogP contribution in [0.25, 0.3) is 0 Å². The lowest BCUT2D eigenvalue weighted by molar-refractivity contribution is -0.150. The van der Waals surface area contributed by atoms with Crippen molar-refractivity contribution >= 4 is 12.0 Å². The van der Waals surface area contributed by atoms with Crippen LogP contribution in [0.5, 0.6) is 0 Å². The fraction of sp³-hybridized carbons (Fsp3) is 0.375. The standard InChI is InChI=1S/C16H19FN2O3/c1-9-12(14(20)22-16(2,3)4)13(19-15(21)18-9)10-7-5-6-8-11(10)17/h5-8,13H,1-4H3,(H2,18,19,21)/t13-/m0/s1. The van der Waals surface area contributed by atoms with Crippen molar-refractivity contribution in [1.29, 1.82) is 0 Å². The van der Waals surface area contributed by atoms with Gasteiger partial charge in [0.05, 0.1) is 11.6 Å². The lowest BCUT2D eigenvalue weighted by Gasteiger charge is -2.30. The van der Waals surface area contributed by atoms with Crippen LogP contribution < -0.4 is 10.6 Å². The van der Waals surface area contributed by atoms with Crippen molar-refractivity contribution in [2.75, 3.05) is 0 Å². The first kappa shape index (κ1) is 16.0. The number of hydrogen-bond acceptors (Lipinski definition) is 3. The van der Waals surface area contributed by atoms with Crippen molar-refractivity contribution in [3.63, 3.8) is 0 Å². The predicted octanol–water partition coefficient (Wildman–Crippen LogP) is 2.80. The van der Waals surface area contributed by atoms with Crippen LogP contribution >= 0.6 is 0 Å². The minimum atomic E-state index is -0.884. The van der Waals surface area contributed by atoms with Gasteiger partial charge in [-0.3, -0.25) is 0 Å². The van der Waals surface area contributed by atoms with Crippen LogP contribution in [-0.4, -0.2) is 17.6 Å². The molecule has 1 aromatic rings. The maximum absolute atomic E-state index is 14.1. The summed E-state index contributed by atoms with van der Waals surface area (Å²) in [6.45, 7) is 6.82. The monoisotopic (exact) mass is 306 g/mol. The SMILES string of the molecule is CC1=C(C(=O)OC(C)(C)C)[C@H](c2ccccc2F)NC(=O)N1. The molecule has 2 N–H and O–H groups in total. The Balaban J connectivity index is 2.46. The van der Waals surface area contributed by atoms with Gasteiger partial charge in [0.1, 0.15) is 11.4 Å². The number of rotatable bonds is 2. The average molecular weight is 306 g/mol. The third kappa shape index (κ3) is 3.44. The number of esters is 1. The summed E-state index contributed by atoms with van der Waals surface area (Å²) in [6.07, 6.45) is 0. The number of urea groups is 1. The number of allylic oxidation sites excluding steroid dienone is 1. The first-order chi connectivity index (χ1) is 10.2. The van der Waals surface area contributed by atoms with E-state index in [1.165, 1.54) is 12.1 Å². The van der Waals surface area contributed by atoms with E-state index in [4.69, 9.17) is 4.74 Å². The van der Waals surface area contributed by atoms with Crippen LogP contribution in [0.3, 0.4) is 0 Å². The highest BCUT2D eigenvalue weighted by Crippen LogP contribution is 2.30. The Morgan fingerprint density at radius 1 is 1.27 bits per heavy atom. The lowest BCUT2D eigenvalue weighted by Crippen LogP contribution is -2.46. The molecule has 1 atom stereocenters. The number of halogens is 1. The van der Waals surface area contributed by atoms with Gasteiger partial charge in [0.15, 0.2) is 0 Å². The number of carbonyl (C=O) groups excluding carboxylic acids is 2. The zero-order valence-corrected chi connectivity index (χ0v) is 13.0. The third-order valence-corrected chi connectivity index (χ3v) is 3.10. The van der Waals surface area contributed by atoms with E-state index < -0.39 is 29.5 Å². The molecule has 1 heterocycles. The fourth-order valence-electron chi connectivity index (χ4n) is 2.24. The van der Waals surface area contributed by atoms with Gasteiger partial charge in [-0.25, -0.2) is 14.0 Å². The summed E-state index contributed by atoms with van der Waals surface area (Å²) in [7, 11) is 0. The second kappa shape index (κ2) is 5.79. The van der Waals surface area contributed by atoms with E-state index in [0.29, 0.717) is 5.70 Å². The number of benzene rings is 1. The number of amides is 2. The van der Waals surface area contributed by atoms with Gasteiger partial charge in [0.2, 0.25) is 0 Å². The highest BCUT2D eigenvalue weighted by molar-refractivity contribution is 5.95. The largest absolute Gasteiger partial charge is 0.456 e. The van der Waals surface area contributed by atoms with E-state index in [2.05, 4.69) is 10.6 Å². The van der Waals surface area contributed by atoms with Gasteiger partial charge in [0, 0.05) is 11.3 Å². The van der Waals surface area contributed by atoms with Crippen molar-refractivity contribution in [3.8, 4) is 0 Å². The molecular weight excluding hydrogens is 287 g/mol. The summed E-state index contributed by atoms with van der Waals surface area (Å²) < 4.78 is 19.4. The van der Waals surface area contributed by atoms with Crippen LogP contribution in [0.4, 0.5) is 9.18 Å². The smallest absolute Gasteiger partial charge is 0.338 e. The molecule has 0 fully saturated rings. The summed E-state index contributed by atoms with van der Waals surface area (Å²) >= 11 is 0. The third-order valence-electron chi connectivity index (χ3n) is 3.10. The van der Waals surface area contributed by atoms with E-state index >= 15 is 0 Å². The molecule has 0 saturated heterocycles. The molecule has 22 heavy (non-hydrogen) atoms. The normalized spacial score (nSPS) is 18.6. The maximum atomic E-state index is 14.1. The van der Waals surface area contributed by atoms with Crippen LogP contribution in [0, 0.1) is 5.82 Å². The quantitative estimate of drug-likeness (QED) is 0.826. The van der Waals surface area contributed by atoms with Crippen LogP contribution in [0.2, 0.25) is 0 Å². The number of ether oxygens (including phenoxy) is 1. The van der Waals surface area contributed by atoms with Crippen molar-refractivity contribution < 1.29 is 18.7 Å². The summed E-state index contributed by atoms with van der Waals surface area (Å²) in [5.41, 5.74) is 0.0782. The van der Waals surface area contributed by atoms with E-state index in [9.17, 15) is 14.0 Å². The minimum absolute atomic E-state index is 0.194. The number of hydrogen-bond donors (Lipinski definition) is 2. The van der Waals surface area contributed by atoms with Crippen molar-refractivity contribution in [2.24, 2.45) is 0 Å². The van der Waals surface area contributed by atoms with Crippen LogP contribution in [0.15, 0.2) is 35.5 Å². The fourth-order valence-corrected chi connectivity index (χ4v) is 2.24. The van der Waals surface area contributed by atoms with Crippen LogP contribution in [-0.2, 0) is 9.53 Å². The Hall–Kier alpha value is -2.37. The van der Waals surface area contributed by atoms with Gasteiger partial charge in [-0.05, 0) is 33.8 Å². The highest BCUT2D eigenvalue weighted by atomic mass is 19.1. The Morgan fingerprint density at radius 2 is 1.91 bits per heavy atom. The maximum Gasteiger partial charge on any atom is 0.338 e. The summed E-state index contributed by atoms with van der Waals surface area (Å²) in [4.78, 5) is 24.1. The Morgan fingerprint density at radius 3 is 2.50 bits per heavy atom. The molecule has 0 unspecified atom stereocenters. The van der Waals surface area contributed by atoms with Crippen molar-refractivity contribution in [1.82, 2.24) is 10.6 Å². The molecule has 0 aliphatic carbocycles. The van der Waals surface area contributed by atoms with E-state index in [1.54, 1.807) is 39.8 Å². The molecule has 2 rings (SSSR count). The Bertz CT molecular complexity index is 647. The summed E-state index contributed by atoms with van der Waals surface area (Å²) in [5.74, 6) is -1.09. The molecule has 0 radical (unpaired) electrons. The van der Waals surface area contributed by atoms with Gasteiger partial charge in [-0.15, -0.1) is 0 Å². The van der Waals surface area contributed by atoms with Gasteiger partial charge >= 0.3 is 12.0 Å². The molecule has 0 spiro atoms. The lowest BCUT2D eigenvalue weighted by atomic mass is 9.95. The van der Waals surface area contributed by atoms with Gasteiger partial charge < -0.3 is 15.4 Å². The zero-order valence-electron chi connectivity index (χ0n) is 13.0. The number of carbonyl (C=O) groups is 2. The molecule has 0 saturated carbocycles. The molecule has 5 nitrogen and oxygen atoms in total. The predicted molar refractivity (Wildman–Crippen MR) is 79.4 cm³/mol. The summed E-state index contributed by atoms with van der Waals surface area (Å²) in [5, 5.41) is 5.09. The first-order valence-corrected chi connectivity index (χ1v) is 6.95. The molecule has 2 amide bonds. The average Bonchev–Trinajstić information content (AvgIpc) is 2.35. The molecule has 118 valence electrons. The summed E-state index contributed by atoms with van der Waals surface area (Å²) in [6, 6.07) is 4.64. The minimum Gasteiger partial charge on any atom is -0.456 e. The van der Waals surface area contributed by atoms with E-state index in [1.807, 2.05) is 0 Å². The van der Waals surface area contributed by atoms with Gasteiger partial charge in [0.25, 0.3) is 0 Å². The molecule has 0 aromatic heterocycles. The highest BCUT2D eigenvalue weighted by Gasteiger charge is 2.35. The Kier molecular flexibility index (Phi) is 4.21. The molecule has 1 aliphatic heterocycles. The molecule has 1 aromatic carbocycles. The van der Waals surface area contributed by atoms with Gasteiger partial charge in [-0.1, -0.05) is 18.2 Å². The molecule has 0 bridgehead atoms. The molecule has 6 heteroatoms. The number of nitrogens with one attached hydrogen (secondary N) is 2. The second-order valence-corrected chi connectivity index (χ2v) is 6.09. The first-order valence-electron chi connectivity index (χ1n) is 6.95. The van der Waals surface area contributed by atoms with Crippen LogP contribution in [0.1, 0.15) is 39.3 Å². The second-order valence-electron chi connectivity index (χ2n) is 6.09. The Labute approximate surface area is 128 Å². The van der Waals surface area contributed by atoms with Crippen molar-refractivity contribution in [3.05, 3.63) is 46.9 Å².